The fourth-order valence-corrected chi connectivity index (χ4v) is 60.5. The highest BCUT2D eigenvalue weighted by atomic mass is 32.1. The van der Waals surface area contributed by atoms with E-state index in [1.807, 2.05) is 0 Å². The van der Waals surface area contributed by atoms with Gasteiger partial charge in [0.15, 0.2) is 0 Å². The van der Waals surface area contributed by atoms with Crippen LogP contribution < -0.4 is 0 Å². The predicted octanol–water partition coefficient (Wildman–Crippen LogP) is 12.3. The smallest absolute Gasteiger partial charge is 0.462 e. The second-order valence-electron chi connectivity index (χ2n) is 22.0. The normalized spacial score (nSPS) is 42.1. The molecule has 368 valence electrons. The lowest BCUT2D eigenvalue weighted by atomic mass is 10.3. The number of carbonyl (C=O) groups excluding carboxylic acids is 1. The van der Waals surface area contributed by atoms with Crippen LogP contribution in [0.25, 0.3) is 0 Å². The van der Waals surface area contributed by atoms with Crippen LogP contribution in [-0.4, -0.2) is 80.6 Å². The van der Waals surface area contributed by atoms with E-state index in [4.69, 9.17) is 63.0 Å². The van der Waals surface area contributed by atoms with Crippen molar-refractivity contribution in [3.05, 3.63) is 12.2 Å². The van der Waals surface area contributed by atoms with Crippen LogP contribution >= 0.6 is 12.9 Å². The zero-order valence-corrected chi connectivity index (χ0v) is 47.5. The zero-order chi connectivity index (χ0) is 44.8. The summed E-state index contributed by atoms with van der Waals surface area (Å²) in [5.74, 6) is -0.363. The number of thiol groups is 1. The van der Waals surface area contributed by atoms with Crippen molar-refractivity contribution in [1.29, 1.82) is 0 Å². The van der Waals surface area contributed by atoms with Crippen molar-refractivity contribution >= 4 is 80.3 Å². The number of esters is 1. The first-order chi connectivity index (χ1) is 31.5. The molecule has 0 aromatic heterocycles. The number of rotatable bonds is 15. The largest absolute Gasteiger partial charge is 0.500 e. The van der Waals surface area contributed by atoms with E-state index in [0.717, 1.165) is 180 Å². The Morgan fingerprint density at radius 2 is 0.769 bits per heavy atom. The zero-order valence-electron chi connectivity index (χ0n) is 39.6. The molecule has 3 aliphatic heterocycles. The molecule has 7 aliphatic carbocycles. The maximum atomic E-state index is 12.4. The second kappa shape index (κ2) is 20.3. The van der Waals surface area contributed by atoms with Gasteiger partial charge in [-0.25, -0.2) is 4.79 Å². The van der Waals surface area contributed by atoms with E-state index in [1.54, 1.807) is 6.92 Å². The van der Waals surface area contributed by atoms with E-state index in [-0.39, 0.29) is 44.8 Å². The molecule has 7 saturated carbocycles. The molecule has 4 bridgehead atoms. The van der Waals surface area contributed by atoms with Crippen LogP contribution in [-0.2, 0) is 54.9 Å². The van der Waals surface area contributed by atoms with E-state index in [9.17, 15) is 4.79 Å². The number of ether oxygens (including phenoxy) is 1. The van der Waals surface area contributed by atoms with E-state index >= 15 is 0 Å². The third-order valence-corrected chi connectivity index (χ3v) is 52.1. The van der Waals surface area contributed by atoms with Gasteiger partial charge in [0.1, 0.15) is 0 Å². The molecule has 3 saturated heterocycles. The third kappa shape index (κ3) is 9.59. The third-order valence-electron chi connectivity index (χ3n) is 17.5. The van der Waals surface area contributed by atoms with E-state index in [0.29, 0.717) is 31.6 Å². The summed E-state index contributed by atoms with van der Waals surface area (Å²) in [5, 5.41) is 0. The van der Waals surface area contributed by atoms with Crippen LogP contribution in [0.3, 0.4) is 0 Å². The minimum absolute atomic E-state index is 0.00646. The Bertz CT molecular complexity index is 1670. The molecule has 0 aromatic rings. The fourth-order valence-electron chi connectivity index (χ4n) is 13.9. The minimum atomic E-state index is -4.04. The summed E-state index contributed by atoms with van der Waals surface area (Å²) in [6, 6.07) is 0. The topological polar surface area (TPSA) is 128 Å². The molecular weight excluding hydrogens is 965 g/mol. The van der Waals surface area contributed by atoms with Gasteiger partial charge < -0.3 is 50.1 Å². The van der Waals surface area contributed by atoms with Gasteiger partial charge in [0.05, 0.1) is 6.61 Å². The molecule has 7 atom stereocenters. The molecule has 0 amide bonds. The molecule has 0 aromatic carbocycles. The summed E-state index contributed by atoms with van der Waals surface area (Å²) in [4.78, 5) is 12.4. The van der Waals surface area contributed by atoms with Crippen LogP contribution in [0, 0.1) is 0 Å². The molecule has 6 unspecified atom stereocenters. The first-order valence-electron chi connectivity index (χ1n) is 26.6. The molecule has 13 nitrogen and oxygen atoms in total. The maximum absolute atomic E-state index is 12.4. The summed E-state index contributed by atoms with van der Waals surface area (Å²) in [6.45, 7) is 8.48. The summed E-state index contributed by atoms with van der Waals surface area (Å²) < 4.78 is 95.3. The highest BCUT2D eigenvalue weighted by Crippen LogP contribution is 2.63. The first-order valence-corrected chi connectivity index (χ1v) is 40.2. The Kier molecular flexibility index (Phi) is 15.4. The van der Waals surface area contributed by atoms with Crippen molar-refractivity contribution < 1.29 is 54.9 Å². The molecule has 21 heteroatoms. The standard InChI is InChI=1S/C44H80O13SSi7/c1-36(2)44(45)46-34-18-19-35-47-60(38-22-6-7-23-38)51-62(40-26-10-11-27-40)49-59(3,37-20-4-5-21-37)50-63(41-28-12-13-29-41)53-61(48-58,39-24-8-9-25-39)54-64(52-60,42-30-14-15-31-42)57-65(55-62,56-63)43-32-16-17-33-43/h37-43,58H,1,4-35H2,2-3H3/t59-,60?,61?,62?,63?,64?,65?/m1/s1. The van der Waals surface area contributed by atoms with E-state index in [2.05, 4.69) is 13.1 Å². The quantitative estimate of drug-likeness (QED) is 0.0418. The van der Waals surface area contributed by atoms with Gasteiger partial charge in [-0.3, -0.25) is 0 Å². The van der Waals surface area contributed by atoms with Gasteiger partial charge in [-0.2, -0.15) is 0 Å². The number of hydrogen-bond donors (Lipinski definition) is 1. The van der Waals surface area contributed by atoms with Gasteiger partial charge in [-0.15, -0.1) is 0 Å². The lowest BCUT2D eigenvalue weighted by molar-refractivity contribution is -0.139. The van der Waals surface area contributed by atoms with Crippen LogP contribution in [0.15, 0.2) is 12.2 Å². The Balaban J connectivity index is 1.20. The minimum Gasteiger partial charge on any atom is -0.462 e. The second-order valence-corrected chi connectivity index (χ2v) is 45.3. The van der Waals surface area contributed by atoms with Crippen LogP contribution in [0.5, 0.6) is 0 Å². The van der Waals surface area contributed by atoms with Crippen molar-refractivity contribution in [3.63, 3.8) is 0 Å². The molecule has 65 heavy (non-hydrogen) atoms. The van der Waals surface area contributed by atoms with Gasteiger partial charge >= 0.3 is 67.4 Å². The molecule has 0 N–H and O–H groups in total. The SMILES string of the molecule is C=C(C)C(=O)OCCCCO[Si]1(C2CCCC2)O[Si]2(C3CCCC3)O[Si](OS)(C3CCCC3)O[Si]3(C4CCCC4)O[Si](C4CCCC4)(O2)O[Si](C2CCCC2)(O1)O[Si@@](C)(C1CCCC1)O3. The maximum Gasteiger partial charge on any atom is 0.500 e. The molecule has 10 aliphatic rings. The molecule has 0 radical (unpaired) electrons. The van der Waals surface area contributed by atoms with E-state index < -0.39 is 61.4 Å². The van der Waals surface area contributed by atoms with Crippen molar-refractivity contribution in [3.8, 4) is 0 Å². The van der Waals surface area contributed by atoms with Crippen LogP contribution in [0.2, 0.25) is 45.3 Å². The number of carbonyl (C=O) groups is 1. The summed E-state index contributed by atoms with van der Waals surface area (Å²) in [5.41, 5.74) is 0.793. The number of hydrogen-bond acceptors (Lipinski definition) is 14. The summed E-state index contributed by atoms with van der Waals surface area (Å²) in [6.07, 6.45) is 30.1. The lowest BCUT2D eigenvalue weighted by Gasteiger charge is -2.62. The lowest BCUT2D eigenvalue weighted by Crippen LogP contribution is -2.85. The summed E-state index contributed by atoms with van der Waals surface area (Å²) in [7, 11) is -26.9. The number of unbranched alkanes of at least 4 members (excludes halogenated alkanes) is 1. The Hall–Kier alpha value is 0.638. The summed E-state index contributed by atoms with van der Waals surface area (Å²) >= 11 is 4.92. The molecule has 10 rings (SSSR count). The van der Waals surface area contributed by atoms with Gasteiger partial charge in [0.2, 0.25) is 0 Å². The van der Waals surface area contributed by atoms with Gasteiger partial charge in [0, 0.05) is 51.0 Å². The average Bonchev–Trinajstić information content (AvgIpc) is 4.13. The predicted molar refractivity (Wildman–Crippen MR) is 262 cm³/mol. The molecule has 0 spiro atoms. The highest BCUT2D eigenvalue weighted by Gasteiger charge is 2.83. The molecule has 3 heterocycles. The Morgan fingerprint density at radius 3 is 1.15 bits per heavy atom. The Labute approximate surface area is 403 Å². The van der Waals surface area contributed by atoms with Crippen molar-refractivity contribution in [1.82, 2.24) is 0 Å². The van der Waals surface area contributed by atoms with Crippen LogP contribution in [0.4, 0.5) is 0 Å². The van der Waals surface area contributed by atoms with Gasteiger partial charge in [0.25, 0.3) is 0 Å². The average molecular weight is 1050 g/mol. The van der Waals surface area contributed by atoms with Crippen molar-refractivity contribution in [2.45, 2.75) is 245 Å². The Morgan fingerprint density at radius 1 is 0.462 bits per heavy atom. The molecular formula is C44H80O13SSi7. The highest BCUT2D eigenvalue weighted by molar-refractivity contribution is 7.76. The van der Waals surface area contributed by atoms with Crippen LogP contribution in [0.1, 0.15) is 200 Å². The van der Waals surface area contributed by atoms with Gasteiger partial charge in [-0.05, 0) is 129 Å². The van der Waals surface area contributed by atoms with E-state index in [1.165, 1.54) is 0 Å². The van der Waals surface area contributed by atoms with Crippen molar-refractivity contribution in [2.24, 2.45) is 0 Å². The number of fused-ring (bicyclic) bond motifs is 3. The van der Waals surface area contributed by atoms with Crippen molar-refractivity contribution in [2.75, 3.05) is 13.2 Å². The first kappa shape index (κ1) is 49.2. The molecule has 10 fully saturated rings. The fraction of sp³-hybridized carbons (Fsp3) is 0.932. The monoisotopic (exact) mass is 1040 g/mol. The van der Waals surface area contributed by atoms with Gasteiger partial charge in [-0.1, -0.05) is 96.5 Å².